The largest absolute Gasteiger partial charge is 0.446 e. The average Bonchev–Trinajstić information content (AvgIpc) is 3.37. The van der Waals surface area contributed by atoms with Crippen LogP contribution in [0.15, 0.2) is 48.5 Å². The highest BCUT2D eigenvalue weighted by Crippen LogP contribution is 2.27. The number of hydrogen-bond acceptors (Lipinski definition) is 6. The smallest absolute Gasteiger partial charge is 0.392 e. The fourth-order valence-corrected chi connectivity index (χ4v) is 6.01. The summed E-state index contributed by atoms with van der Waals surface area (Å²) in [5, 5.41) is 9.87. The zero-order valence-electron chi connectivity index (χ0n) is 20.8. The SMILES string of the molecule is CN(C(=O)Cc1ccc2c(c1)CS(=O)(=O)C2)[C@H](CN1CC[C@H](O)C1)c1ccccc1.O=CC(F)(F)F.S.S. The lowest BCUT2D eigenvalue weighted by molar-refractivity contribution is -0.156. The third-order valence-corrected chi connectivity index (χ3v) is 7.74. The molecular formula is C25H33F3N2O5S3. The predicted molar refractivity (Wildman–Crippen MR) is 148 cm³/mol. The molecule has 1 N–H and O–H groups in total. The molecule has 2 aliphatic rings. The summed E-state index contributed by atoms with van der Waals surface area (Å²) in [4.78, 5) is 25.8. The van der Waals surface area contributed by atoms with Gasteiger partial charge in [0, 0.05) is 26.7 Å². The van der Waals surface area contributed by atoms with Crippen LogP contribution in [0.1, 0.15) is 34.7 Å². The number of likely N-dealkylation sites (N-methyl/N-ethyl adjacent to an activating group) is 1. The first-order valence-electron chi connectivity index (χ1n) is 11.4. The molecule has 0 bridgehead atoms. The lowest BCUT2D eigenvalue weighted by Gasteiger charge is -2.32. The van der Waals surface area contributed by atoms with Gasteiger partial charge in [0.25, 0.3) is 0 Å². The summed E-state index contributed by atoms with van der Waals surface area (Å²) in [6.07, 6.45) is -5.01. The molecule has 1 saturated heterocycles. The van der Waals surface area contributed by atoms with Crippen molar-refractivity contribution in [3.8, 4) is 0 Å². The number of carbonyl (C=O) groups is 2. The molecule has 38 heavy (non-hydrogen) atoms. The Balaban J connectivity index is 0.000000813. The van der Waals surface area contributed by atoms with Crippen LogP contribution in [-0.2, 0) is 37.4 Å². The summed E-state index contributed by atoms with van der Waals surface area (Å²) in [6, 6.07) is 15.4. The highest BCUT2D eigenvalue weighted by Gasteiger charge is 2.29. The van der Waals surface area contributed by atoms with Crippen LogP contribution in [0.25, 0.3) is 0 Å². The van der Waals surface area contributed by atoms with Crippen LogP contribution >= 0.6 is 27.0 Å². The third kappa shape index (κ3) is 9.92. The van der Waals surface area contributed by atoms with E-state index >= 15 is 0 Å². The van der Waals surface area contributed by atoms with Gasteiger partial charge in [-0.1, -0.05) is 48.5 Å². The molecule has 4 rings (SSSR count). The van der Waals surface area contributed by atoms with Gasteiger partial charge < -0.3 is 10.0 Å². The number of alkyl halides is 3. The topological polar surface area (TPSA) is 95.0 Å². The van der Waals surface area contributed by atoms with E-state index in [1.165, 1.54) is 0 Å². The second-order valence-corrected chi connectivity index (χ2v) is 11.2. The van der Waals surface area contributed by atoms with E-state index in [1.54, 1.807) is 4.90 Å². The molecule has 2 aromatic rings. The van der Waals surface area contributed by atoms with E-state index < -0.39 is 22.3 Å². The number of β-amino-alcohol motifs (C(OH)–C–C–N with tert-alkyl or cyclic N) is 1. The maximum absolute atomic E-state index is 13.1. The van der Waals surface area contributed by atoms with Crippen molar-refractivity contribution in [3.05, 3.63) is 70.8 Å². The first-order valence-corrected chi connectivity index (χ1v) is 13.2. The Morgan fingerprint density at radius 2 is 1.74 bits per heavy atom. The molecule has 1 fully saturated rings. The Kier molecular flexibility index (Phi) is 12.8. The van der Waals surface area contributed by atoms with E-state index in [4.69, 9.17) is 4.79 Å². The van der Waals surface area contributed by atoms with Crippen molar-refractivity contribution >= 4 is 49.0 Å². The number of carbonyl (C=O) groups excluding carboxylic acids is 2. The molecule has 212 valence electrons. The number of aldehydes is 1. The van der Waals surface area contributed by atoms with Gasteiger partial charge in [-0.05, 0) is 28.7 Å². The number of benzene rings is 2. The highest BCUT2D eigenvalue weighted by molar-refractivity contribution is 7.90. The van der Waals surface area contributed by atoms with E-state index in [1.807, 2.05) is 55.6 Å². The van der Waals surface area contributed by atoms with Crippen molar-refractivity contribution in [2.45, 2.75) is 42.7 Å². The summed E-state index contributed by atoms with van der Waals surface area (Å²) in [6.45, 7) is 2.13. The molecule has 0 spiro atoms. The van der Waals surface area contributed by atoms with E-state index in [-0.39, 0.29) is 63.0 Å². The summed E-state index contributed by atoms with van der Waals surface area (Å²) < 4.78 is 55.0. The molecule has 0 radical (unpaired) electrons. The first kappa shape index (κ1) is 34.0. The Hall–Kier alpha value is -2.06. The highest BCUT2D eigenvalue weighted by atomic mass is 32.2. The quantitative estimate of drug-likeness (QED) is 0.517. The molecule has 0 aliphatic carbocycles. The summed E-state index contributed by atoms with van der Waals surface area (Å²) in [7, 11) is -1.23. The van der Waals surface area contributed by atoms with Gasteiger partial charge in [0.2, 0.25) is 12.2 Å². The van der Waals surface area contributed by atoms with Crippen LogP contribution in [-0.4, -0.2) is 74.5 Å². The van der Waals surface area contributed by atoms with Gasteiger partial charge in [-0.3, -0.25) is 14.5 Å². The Morgan fingerprint density at radius 3 is 2.29 bits per heavy atom. The molecule has 13 heteroatoms. The van der Waals surface area contributed by atoms with Gasteiger partial charge in [-0.25, -0.2) is 8.42 Å². The van der Waals surface area contributed by atoms with Crippen molar-refractivity contribution in [1.82, 2.24) is 9.80 Å². The fraction of sp³-hybridized carbons (Fsp3) is 0.440. The van der Waals surface area contributed by atoms with E-state index in [2.05, 4.69) is 4.90 Å². The molecular weight excluding hydrogens is 561 g/mol. The summed E-state index contributed by atoms with van der Waals surface area (Å²) >= 11 is 0. The Labute approximate surface area is 234 Å². The maximum atomic E-state index is 13.1. The lowest BCUT2D eigenvalue weighted by atomic mass is 10.0. The molecule has 2 atom stereocenters. The molecule has 2 aliphatic heterocycles. The first-order chi connectivity index (χ1) is 16.9. The fourth-order valence-electron chi connectivity index (χ4n) is 4.41. The van der Waals surface area contributed by atoms with Gasteiger partial charge in [-0.2, -0.15) is 40.2 Å². The van der Waals surface area contributed by atoms with Gasteiger partial charge in [0.1, 0.15) is 0 Å². The van der Waals surface area contributed by atoms with E-state index in [0.29, 0.717) is 13.1 Å². The second kappa shape index (κ2) is 14.4. The number of likely N-dealkylation sites (tertiary alicyclic amines) is 1. The number of aliphatic hydroxyl groups excluding tert-OH is 1. The summed E-state index contributed by atoms with van der Waals surface area (Å²) in [5.41, 5.74) is 3.56. The van der Waals surface area contributed by atoms with Crippen molar-refractivity contribution in [2.75, 3.05) is 26.7 Å². The number of hydrogen-bond donors (Lipinski definition) is 1. The average molecular weight is 595 g/mol. The lowest BCUT2D eigenvalue weighted by Crippen LogP contribution is -2.39. The number of amides is 1. The number of rotatable bonds is 6. The third-order valence-electron chi connectivity index (χ3n) is 6.23. The molecule has 0 unspecified atom stereocenters. The van der Waals surface area contributed by atoms with Gasteiger partial charge in [0.15, 0.2) is 9.84 Å². The number of nitrogens with zero attached hydrogens (tertiary/aromatic N) is 2. The number of halogens is 3. The van der Waals surface area contributed by atoms with Crippen LogP contribution in [0, 0.1) is 0 Å². The molecule has 2 aromatic carbocycles. The van der Waals surface area contributed by atoms with Crippen LogP contribution in [0.2, 0.25) is 0 Å². The van der Waals surface area contributed by atoms with Gasteiger partial charge in [-0.15, -0.1) is 0 Å². The minimum absolute atomic E-state index is 0. The standard InChI is InChI=1S/C23H28N2O4S.C2HF3O.2H2S/c1-24(22(18-5-3-2-4-6-18)14-25-10-9-21(26)13-25)23(27)12-17-7-8-19-15-30(28,29)16-20(19)11-17;3-2(4,5)1-6;;/h2-8,11,21-22,26H,9-10,12-16H2,1H3;1H;2*1H2/t21-,22+;;;/m0.../s1. The van der Waals surface area contributed by atoms with Gasteiger partial charge >= 0.3 is 6.18 Å². The van der Waals surface area contributed by atoms with Crippen LogP contribution in [0.5, 0.6) is 0 Å². The van der Waals surface area contributed by atoms with Crippen LogP contribution in [0.4, 0.5) is 13.2 Å². The number of sulfone groups is 1. The van der Waals surface area contributed by atoms with Crippen molar-refractivity contribution < 1.29 is 36.3 Å². The normalized spacial score (nSPS) is 18.6. The van der Waals surface area contributed by atoms with Crippen molar-refractivity contribution in [1.29, 1.82) is 0 Å². The minimum Gasteiger partial charge on any atom is -0.392 e. The molecule has 7 nitrogen and oxygen atoms in total. The molecule has 0 saturated carbocycles. The van der Waals surface area contributed by atoms with Crippen molar-refractivity contribution in [3.63, 3.8) is 0 Å². The number of fused-ring (bicyclic) bond motifs is 1. The minimum atomic E-state index is -4.64. The summed E-state index contributed by atoms with van der Waals surface area (Å²) in [5.74, 6) is 0.141. The maximum Gasteiger partial charge on any atom is 0.446 e. The van der Waals surface area contributed by atoms with E-state index in [9.17, 15) is 31.5 Å². The monoisotopic (exact) mass is 594 g/mol. The van der Waals surface area contributed by atoms with Crippen LogP contribution in [0.3, 0.4) is 0 Å². The number of aliphatic hydroxyl groups is 1. The Bertz CT molecular complexity index is 1180. The zero-order chi connectivity index (χ0) is 26.5. The van der Waals surface area contributed by atoms with E-state index in [0.717, 1.165) is 35.2 Å². The predicted octanol–water partition coefficient (Wildman–Crippen LogP) is 2.90. The zero-order valence-corrected chi connectivity index (χ0v) is 23.6. The molecule has 0 aromatic heterocycles. The Morgan fingerprint density at radius 1 is 1.13 bits per heavy atom. The second-order valence-electron chi connectivity index (χ2n) is 9.10. The van der Waals surface area contributed by atoms with Crippen LogP contribution < -0.4 is 0 Å². The molecule has 2 heterocycles. The van der Waals surface area contributed by atoms with Gasteiger partial charge in [0.05, 0.1) is 30.1 Å². The van der Waals surface area contributed by atoms with Crippen molar-refractivity contribution in [2.24, 2.45) is 0 Å². The molecule has 1 amide bonds.